The van der Waals surface area contributed by atoms with Crippen LogP contribution in [-0.4, -0.2) is 21.7 Å². The lowest BCUT2D eigenvalue weighted by Gasteiger charge is -2.27. The molecular weight excluding hydrogens is 214 g/mol. The van der Waals surface area contributed by atoms with Crippen LogP contribution in [0.2, 0.25) is 0 Å². The second-order valence-electron chi connectivity index (χ2n) is 5.06. The van der Waals surface area contributed by atoms with Gasteiger partial charge in [-0.05, 0) is 19.8 Å². The van der Waals surface area contributed by atoms with E-state index in [1.165, 1.54) is 25.7 Å². The highest BCUT2D eigenvalue weighted by molar-refractivity contribution is 4.99. The van der Waals surface area contributed by atoms with Gasteiger partial charge >= 0.3 is 0 Å². The predicted molar refractivity (Wildman–Crippen MR) is 68.0 cm³/mol. The van der Waals surface area contributed by atoms with E-state index < -0.39 is 0 Å². The first kappa shape index (κ1) is 12.4. The summed E-state index contributed by atoms with van der Waals surface area (Å²) >= 11 is 0. The Morgan fingerprint density at radius 2 is 2.06 bits per heavy atom. The molecule has 0 bridgehead atoms. The monoisotopic (exact) mass is 237 g/mol. The average Bonchev–Trinajstić information content (AvgIpc) is 2.68. The first-order valence-corrected chi connectivity index (χ1v) is 6.66. The third-order valence-corrected chi connectivity index (χ3v) is 3.61. The zero-order valence-electron chi connectivity index (χ0n) is 10.7. The van der Waals surface area contributed by atoms with Gasteiger partial charge in [0.05, 0.1) is 5.54 Å². The maximum absolute atomic E-state index is 6.41. The molecule has 0 aliphatic heterocycles. The average molecular weight is 237 g/mol. The molecule has 4 heteroatoms. The van der Waals surface area contributed by atoms with Gasteiger partial charge in [0.1, 0.15) is 6.61 Å². The Hall–Kier alpha value is -1.03. The van der Waals surface area contributed by atoms with Crippen molar-refractivity contribution in [2.45, 2.75) is 57.5 Å². The van der Waals surface area contributed by atoms with Crippen molar-refractivity contribution >= 4 is 0 Å². The predicted octanol–water partition coefficient (Wildman–Crippen LogP) is 2.33. The number of aromatic nitrogens is 2. The summed E-state index contributed by atoms with van der Waals surface area (Å²) in [6.45, 7) is 3.55. The number of hydrogen-bond acceptors (Lipinski definition) is 3. The van der Waals surface area contributed by atoms with Crippen LogP contribution in [0.5, 0.6) is 6.01 Å². The maximum Gasteiger partial charge on any atom is 0.296 e. The first-order chi connectivity index (χ1) is 8.23. The molecule has 0 unspecified atom stereocenters. The van der Waals surface area contributed by atoms with Gasteiger partial charge in [-0.2, -0.15) is 0 Å². The van der Waals surface area contributed by atoms with Crippen LogP contribution in [0, 0.1) is 0 Å². The minimum atomic E-state index is -0.152. The molecule has 1 saturated carbocycles. The number of imidazole rings is 1. The summed E-state index contributed by atoms with van der Waals surface area (Å²) in [6.07, 6.45) is 10.9. The number of nitrogens with two attached hydrogens (primary N) is 1. The summed E-state index contributed by atoms with van der Waals surface area (Å²) in [7, 11) is 0. The number of nitrogens with zero attached hydrogens (tertiary/aromatic N) is 2. The third kappa shape index (κ3) is 3.22. The second-order valence-corrected chi connectivity index (χ2v) is 5.06. The van der Waals surface area contributed by atoms with Crippen molar-refractivity contribution in [3.63, 3.8) is 0 Å². The quantitative estimate of drug-likeness (QED) is 0.818. The normalized spacial score (nSPS) is 19.9. The first-order valence-electron chi connectivity index (χ1n) is 6.66. The molecule has 1 aliphatic carbocycles. The van der Waals surface area contributed by atoms with Crippen LogP contribution in [0.25, 0.3) is 0 Å². The number of aryl methyl sites for hydroxylation is 1. The smallest absolute Gasteiger partial charge is 0.296 e. The molecule has 0 atom stereocenters. The lowest BCUT2D eigenvalue weighted by atomic mass is 9.93. The van der Waals surface area contributed by atoms with Crippen molar-refractivity contribution in [2.75, 3.05) is 6.61 Å². The molecule has 96 valence electrons. The van der Waals surface area contributed by atoms with Gasteiger partial charge in [0.15, 0.2) is 0 Å². The van der Waals surface area contributed by atoms with Gasteiger partial charge in [-0.25, -0.2) is 4.98 Å². The van der Waals surface area contributed by atoms with E-state index >= 15 is 0 Å². The highest BCUT2D eigenvalue weighted by atomic mass is 16.5. The Bertz CT molecular complexity index is 340. The maximum atomic E-state index is 6.41. The molecule has 1 aliphatic rings. The molecule has 0 spiro atoms. The van der Waals surface area contributed by atoms with E-state index in [1.807, 2.05) is 10.8 Å². The van der Waals surface area contributed by atoms with E-state index in [1.54, 1.807) is 6.20 Å². The highest BCUT2D eigenvalue weighted by Crippen LogP contribution is 2.25. The number of rotatable bonds is 4. The fourth-order valence-electron chi connectivity index (χ4n) is 2.46. The van der Waals surface area contributed by atoms with Crippen LogP contribution in [0.1, 0.15) is 45.4 Å². The standard InChI is InChI=1S/C13H23N3O/c1-2-16-10-9-15-12(16)17-11-13(14)7-5-3-4-6-8-13/h9-10H,2-8,11,14H2,1H3. The van der Waals surface area contributed by atoms with Crippen LogP contribution in [0.15, 0.2) is 12.4 Å². The summed E-state index contributed by atoms with van der Waals surface area (Å²) < 4.78 is 7.79. The summed E-state index contributed by atoms with van der Waals surface area (Å²) in [6, 6.07) is 0.696. The lowest BCUT2D eigenvalue weighted by Crippen LogP contribution is -2.45. The molecule has 0 saturated heterocycles. The Kier molecular flexibility index (Phi) is 4.05. The molecule has 1 aromatic rings. The molecular formula is C13H23N3O. The van der Waals surface area contributed by atoms with E-state index in [2.05, 4.69) is 11.9 Å². The van der Waals surface area contributed by atoms with Crippen LogP contribution >= 0.6 is 0 Å². The highest BCUT2D eigenvalue weighted by Gasteiger charge is 2.27. The van der Waals surface area contributed by atoms with Crippen molar-refractivity contribution in [2.24, 2.45) is 5.73 Å². The second kappa shape index (κ2) is 5.54. The van der Waals surface area contributed by atoms with E-state index in [0.29, 0.717) is 12.6 Å². The summed E-state index contributed by atoms with van der Waals surface area (Å²) in [5.41, 5.74) is 6.25. The lowest BCUT2D eigenvalue weighted by molar-refractivity contribution is 0.181. The fraction of sp³-hybridized carbons (Fsp3) is 0.769. The van der Waals surface area contributed by atoms with Gasteiger partial charge in [0.2, 0.25) is 0 Å². The van der Waals surface area contributed by atoms with E-state index in [9.17, 15) is 0 Å². The molecule has 4 nitrogen and oxygen atoms in total. The van der Waals surface area contributed by atoms with Crippen molar-refractivity contribution in [1.82, 2.24) is 9.55 Å². The van der Waals surface area contributed by atoms with Gasteiger partial charge in [0.25, 0.3) is 6.01 Å². The van der Waals surface area contributed by atoms with E-state index in [0.717, 1.165) is 19.4 Å². The Labute approximate surface area is 103 Å². The molecule has 17 heavy (non-hydrogen) atoms. The number of hydrogen-bond donors (Lipinski definition) is 1. The van der Waals surface area contributed by atoms with E-state index in [4.69, 9.17) is 10.5 Å². The zero-order valence-corrected chi connectivity index (χ0v) is 10.7. The van der Waals surface area contributed by atoms with Crippen molar-refractivity contribution < 1.29 is 4.74 Å². The fourth-order valence-corrected chi connectivity index (χ4v) is 2.46. The van der Waals surface area contributed by atoms with Crippen molar-refractivity contribution in [3.05, 3.63) is 12.4 Å². The minimum Gasteiger partial charge on any atom is -0.463 e. The molecule has 1 fully saturated rings. The van der Waals surface area contributed by atoms with Crippen LogP contribution in [0.4, 0.5) is 0 Å². The van der Waals surface area contributed by atoms with E-state index in [-0.39, 0.29) is 5.54 Å². The molecule has 0 radical (unpaired) electrons. The summed E-state index contributed by atoms with van der Waals surface area (Å²) in [4.78, 5) is 4.21. The molecule has 2 rings (SSSR count). The molecule has 0 amide bonds. The zero-order chi connectivity index (χ0) is 12.1. The summed E-state index contributed by atoms with van der Waals surface area (Å²) in [5.74, 6) is 0. The molecule has 2 N–H and O–H groups in total. The molecule has 1 heterocycles. The Balaban J connectivity index is 1.92. The topological polar surface area (TPSA) is 53.1 Å². The van der Waals surface area contributed by atoms with Gasteiger partial charge in [-0.15, -0.1) is 0 Å². The minimum absolute atomic E-state index is 0.152. The van der Waals surface area contributed by atoms with Crippen LogP contribution in [-0.2, 0) is 6.54 Å². The summed E-state index contributed by atoms with van der Waals surface area (Å²) in [5, 5.41) is 0. The van der Waals surface area contributed by atoms with Gasteiger partial charge in [-0.3, -0.25) is 0 Å². The van der Waals surface area contributed by atoms with Crippen molar-refractivity contribution in [1.29, 1.82) is 0 Å². The van der Waals surface area contributed by atoms with Gasteiger partial charge < -0.3 is 15.0 Å². The molecule has 1 aromatic heterocycles. The van der Waals surface area contributed by atoms with Crippen LogP contribution < -0.4 is 10.5 Å². The number of ether oxygens (including phenoxy) is 1. The Morgan fingerprint density at radius 1 is 1.35 bits per heavy atom. The Morgan fingerprint density at radius 3 is 2.71 bits per heavy atom. The van der Waals surface area contributed by atoms with Gasteiger partial charge in [0, 0.05) is 18.9 Å². The van der Waals surface area contributed by atoms with Gasteiger partial charge in [-0.1, -0.05) is 25.7 Å². The SMILES string of the molecule is CCn1ccnc1OCC1(N)CCCCCC1. The van der Waals surface area contributed by atoms with Crippen molar-refractivity contribution in [3.8, 4) is 6.01 Å². The third-order valence-electron chi connectivity index (χ3n) is 3.61. The van der Waals surface area contributed by atoms with Crippen LogP contribution in [0.3, 0.4) is 0 Å². The molecule has 0 aromatic carbocycles. The largest absolute Gasteiger partial charge is 0.463 e.